The maximum atomic E-state index is 12.9. The molecule has 0 atom stereocenters. The van der Waals surface area contributed by atoms with Crippen LogP contribution in [0.3, 0.4) is 0 Å². The largest absolute Gasteiger partial charge is 0.492 e. The van der Waals surface area contributed by atoms with E-state index in [4.69, 9.17) is 4.74 Å². The number of nitrogens with zero attached hydrogens (tertiary/aromatic N) is 1. The second kappa shape index (κ2) is 8.19. The van der Waals surface area contributed by atoms with E-state index in [1.54, 1.807) is 19.2 Å². The van der Waals surface area contributed by atoms with Crippen molar-refractivity contribution < 1.29 is 9.53 Å². The quantitative estimate of drug-likeness (QED) is 0.626. The van der Waals surface area contributed by atoms with Crippen molar-refractivity contribution in [3.05, 3.63) is 57.7 Å². The average molecular weight is 370 g/mol. The van der Waals surface area contributed by atoms with E-state index in [2.05, 4.69) is 12.2 Å². The molecule has 5 nitrogen and oxygen atoms in total. The molecule has 1 amide bonds. The summed E-state index contributed by atoms with van der Waals surface area (Å²) in [6.45, 7) is 2.60. The van der Waals surface area contributed by atoms with Gasteiger partial charge in [0.25, 0.3) is 11.5 Å². The molecule has 0 aliphatic carbocycles. The van der Waals surface area contributed by atoms with E-state index in [0.29, 0.717) is 18.0 Å². The van der Waals surface area contributed by atoms with Crippen molar-refractivity contribution in [3.63, 3.8) is 0 Å². The molecule has 0 bridgehead atoms. The van der Waals surface area contributed by atoms with Gasteiger partial charge in [0, 0.05) is 12.7 Å². The molecular formula is C20H22N2O3S. The fourth-order valence-corrected chi connectivity index (χ4v) is 3.68. The predicted molar refractivity (Wildman–Crippen MR) is 106 cm³/mol. The molecule has 6 heteroatoms. The van der Waals surface area contributed by atoms with Gasteiger partial charge in [-0.1, -0.05) is 38.0 Å². The number of para-hydroxylation sites is 1. The van der Waals surface area contributed by atoms with E-state index in [1.807, 2.05) is 29.6 Å². The summed E-state index contributed by atoms with van der Waals surface area (Å²) < 4.78 is 7.45. The SMILES string of the molecule is CCCCCOc1c(C(=O)Nc2ccccc2)c(=O)n(C)c2sccc12. The minimum absolute atomic E-state index is 0.0544. The smallest absolute Gasteiger partial charge is 0.268 e. The number of anilines is 1. The first-order valence-electron chi connectivity index (χ1n) is 8.73. The molecule has 0 unspecified atom stereocenters. The third kappa shape index (κ3) is 3.65. The van der Waals surface area contributed by atoms with Gasteiger partial charge in [-0.3, -0.25) is 9.59 Å². The summed E-state index contributed by atoms with van der Waals surface area (Å²) in [6, 6.07) is 11.0. The maximum Gasteiger partial charge on any atom is 0.268 e. The van der Waals surface area contributed by atoms with Crippen molar-refractivity contribution in [1.29, 1.82) is 0 Å². The lowest BCUT2D eigenvalue weighted by Crippen LogP contribution is -2.29. The molecule has 3 rings (SSSR count). The number of thiophene rings is 1. The number of hydrogen-bond acceptors (Lipinski definition) is 4. The highest BCUT2D eigenvalue weighted by Gasteiger charge is 2.23. The maximum absolute atomic E-state index is 12.9. The van der Waals surface area contributed by atoms with Crippen molar-refractivity contribution in [2.45, 2.75) is 26.2 Å². The Hall–Kier alpha value is -2.60. The second-order valence-corrected chi connectivity index (χ2v) is 6.98. The summed E-state index contributed by atoms with van der Waals surface area (Å²) in [5, 5.41) is 5.50. The molecule has 1 N–H and O–H groups in total. The Balaban J connectivity index is 2.02. The summed E-state index contributed by atoms with van der Waals surface area (Å²) in [5.74, 6) is -0.0655. The van der Waals surface area contributed by atoms with E-state index in [9.17, 15) is 9.59 Å². The molecule has 2 aromatic heterocycles. The molecule has 1 aromatic carbocycles. The van der Waals surface area contributed by atoms with E-state index < -0.39 is 5.91 Å². The van der Waals surface area contributed by atoms with Crippen LogP contribution in [0.15, 0.2) is 46.6 Å². The molecule has 0 radical (unpaired) electrons. The van der Waals surface area contributed by atoms with Crippen LogP contribution in [0.25, 0.3) is 10.2 Å². The van der Waals surface area contributed by atoms with Gasteiger partial charge in [0.15, 0.2) is 0 Å². The molecule has 136 valence electrons. The molecule has 0 aliphatic rings. The van der Waals surface area contributed by atoms with Crippen LogP contribution in [0.2, 0.25) is 0 Å². The zero-order valence-corrected chi connectivity index (χ0v) is 15.8. The lowest BCUT2D eigenvalue weighted by atomic mass is 10.1. The van der Waals surface area contributed by atoms with Crippen LogP contribution < -0.4 is 15.6 Å². The van der Waals surface area contributed by atoms with Crippen LogP contribution in [0.4, 0.5) is 5.69 Å². The number of carbonyl (C=O) groups excluding carboxylic acids is 1. The highest BCUT2D eigenvalue weighted by molar-refractivity contribution is 7.16. The second-order valence-electron chi connectivity index (χ2n) is 6.08. The zero-order valence-electron chi connectivity index (χ0n) is 15.0. The van der Waals surface area contributed by atoms with E-state index in [1.165, 1.54) is 15.9 Å². The third-order valence-electron chi connectivity index (χ3n) is 4.19. The molecule has 0 spiro atoms. The van der Waals surface area contributed by atoms with Crippen LogP contribution in [-0.2, 0) is 7.05 Å². The van der Waals surface area contributed by atoms with Crippen molar-refractivity contribution in [2.24, 2.45) is 7.05 Å². The minimum Gasteiger partial charge on any atom is -0.492 e. The van der Waals surface area contributed by atoms with Gasteiger partial charge < -0.3 is 14.6 Å². The highest BCUT2D eigenvalue weighted by atomic mass is 32.1. The average Bonchev–Trinajstić information content (AvgIpc) is 3.13. The lowest BCUT2D eigenvalue weighted by molar-refractivity contribution is 0.102. The Morgan fingerprint density at radius 1 is 1.19 bits per heavy atom. The van der Waals surface area contributed by atoms with Crippen LogP contribution in [0.1, 0.15) is 36.5 Å². The first kappa shape index (κ1) is 18.2. The highest BCUT2D eigenvalue weighted by Crippen LogP contribution is 2.31. The molecule has 0 aliphatic heterocycles. The summed E-state index contributed by atoms with van der Waals surface area (Å²) in [4.78, 5) is 26.5. The number of aryl methyl sites for hydroxylation is 1. The van der Waals surface area contributed by atoms with Crippen LogP contribution in [0.5, 0.6) is 5.75 Å². The van der Waals surface area contributed by atoms with Crippen LogP contribution in [-0.4, -0.2) is 17.1 Å². The number of carbonyl (C=O) groups is 1. The number of unbranched alkanes of at least 4 members (excludes halogenated alkanes) is 2. The third-order valence-corrected chi connectivity index (χ3v) is 5.18. The molecule has 0 saturated heterocycles. The van der Waals surface area contributed by atoms with Crippen LogP contribution in [0, 0.1) is 0 Å². The fraction of sp³-hybridized carbons (Fsp3) is 0.300. The topological polar surface area (TPSA) is 60.3 Å². The Morgan fingerprint density at radius 2 is 1.96 bits per heavy atom. The van der Waals surface area contributed by atoms with Gasteiger partial charge in [0.2, 0.25) is 0 Å². The normalized spacial score (nSPS) is 10.8. The number of pyridine rings is 1. The molecule has 0 fully saturated rings. The van der Waals surface area contributed by atoms with Gasteiger partial charge >= 0.3 is 0 Å². The summed E-state index contributed by atoms with van der Waals surface area (Å²) >= 11 is 1.46. The monoisotopic (exact) mass is 370 g/mol. The Bertz CT molecular complexity index is 960. The van der Waals surface area contributed by atoms with Gasteiger partial charge in [-0.2, -0.15) is 0 Å². The van der Waals surface area contributed by atoms with Crippen molar-refractivity contribution in [1.82, 2.24) is 4.57 Å². The molecular weight excluding hydrogens is 348 g/mol. The van der Waals surface area contributed by atoms with Crippen molar-refractivity contribution >= 4 is 33.1 Å². The molecule has 2 heterocycles. The first-order valence-corrected chi connectivity index (χ1v) is 9.60. The zero-order chi connectivity index (χ0) is 18.5. The number of fused-ring (bicyclic) bond motifs is 1. The standard InChI is InChI=1S/C20H22N2O3S/c1-3-4-8-12-25-17-15-11-13-26-20(15)22(2)19(24)16(17)18(23)21-14-9-6-5-7-10-14/h5-7,9-11,13H,3-4,8,12H2,1-2H3,(H,21,23). The number of hydrogen-bond donors (Lipinski definition) is 1. The Morgan fingerprint density at radius 3 is 2.69 bits per heavy atom. The van der Waals surface area contributed by atoms with Crippen molar-refractivity contribution in [2.75, 3.05) is 11.9 Å². The number of aromatic nitrogens is 1. The Kier molecular flexibility index (Phi) is 5.73. The number of nitrogens with one attached hydrogen (secondary N) is 1. The Labute approximate surface area is 156 Å². The van der Waals surface area contributed by atoms with E-state index >= 15 is 0 Å². The van der Waals surface area contributed by atoms with E-state index in [-0.39, 0.29) is 11.1 Å². The number of ether oxygens (including phenoxy) is 1. The molecule has 26 heavy (non-hydrogen) atoms. The number of benzene rings is 1. The first-order chi connectivity index (χ1) is 12.6. The number of rotatable bonds is 7. The van der Waals surface area contributed by atoms with Gasteiger partial charge in [-0.15, -0.1) is 11.3 Å². The van der Waals surface area contributed by atoms with Gasteiger partial charge in [0.1, 0.15) is 16.1 Å². The summed E-state index contributed by atoms with van der Waals surface area (Å²) in [5.41, 5.74) is 0.347. The van der Waals surface area contributed by atoms with Crippen molar-refractivity contribution in [3.8, 4) is 5.75 Å². The van der Waals surface area contributed by atoms with Gasteiger partial charge in [0.05, 0.1) is 12.0 Å². The lowest BCUT2D eigenvalue weighted by Gasteiger charge is -2.14. The van der Waals surface area contributed by atoms with Gasteiger partial charge in [-0.05, 0) is 30.0 Å². The summed E-state index contributed by atoms with van der Waals surface area (Å²) in [6.07, 6.45) is 3.01. The summed E-state index contributed by atoms with van der Waals surface area (Å²) in [7, 11) is 1.68. The fourth-order valence-electron chi connectivity index (χ4n) is 2.82. The molecule has 3 aromatic rings. The van der Waals surface area contributed by atoms with Gasteiger partial charge in [-0.25, -0.2) is 0 Å². The van der Waals surface area contributed by atoms with Crippen LogP contribution >= 0.6 is 11.3 Å². The van der Waals surface area contributed by atoms with E-state index in [0.717, 1.165) is 29.5 Å². The minimum atomic E-state index is -0.449. The predicted octanol–water partition coefficient (Wildman–Crippen LogP) is 4.42. The molecule has 0 saturated carbocycles. The number of amides is 1.